The van der Waals surface area contributed by atoms with Crippen molar-refractivity contribution in [2.45, 2.75) is 12.2 Å². The van der Waals surface area contributed by atoms with Gasteiger partial charge in [0, 0.05) is 17.6 Å². The number of halogens is 4. The third-order valence-electron chi connectivity index (χ3n) is 1.98. The molecule has 1 aromatic carbocycles. The van der Waals surface area contributed by atoms with Gasteiger partial charge in [-0.05, 0) is 23.8 Å². The highest BCUT2D eigenvalue weighted by Crippen LogP contribution is 2.33. The zero-order chi connectivity index (χ0) is 11.6. The monoisotopic (exact) mass is 238 g/mol. The van der Waals surface area contributed by atoms with Crippen LogP contribution >= 0.6 is 11.6 Å². The molecule has 1 aromatic rings. The molecule has 0 radical (unpaired) electrons. The smallest absolute Gasteiger partial charge is 0.329 e. The molecule has 15 heavy (non-hydrogen) atoms. The van der Waals surface area contributed by atoms with Gasteiger partial charge >= 0.3 is 6.18 Å². The highest BCUT2D eigenvalue weighted by molar-refractivity contribution is 6.31. The Morgan fingerprint density at radius 1 is 1.33 bits per heavy atom. The van der Waals surface area contributed by atoms with Crippen LogP contribution in [0.1, 0.15) is 17.2 Å². The van der Waals surface area contributed by atoms with Crippen LogP contribution in [0.2, 0.25) is 5.02 Å². The molecule has 0 spiro atoms. The molecule has 0 fully saturated rings. The Morgan fingerprint density at radius 2 is 1.93 bits per heavy atom. The first-order valence-corrected chi connectivity index (χ1v) is 4.56. The first kappa shape index (κ1) is 12.3. The molecule has 84 valence electrons. The minimum atomic E-state index is -4.40. The predicted octanol–water partition coefficient (Wildman–Crippen LogP) is 2.32. The standard InChI is InChI=1S/C9H10ClF3N2/c10-7-2-1-5(9(11,12)13)3-6(7)8(15)4-14/h1-3,8H,4,14-15H2/t8-/m1/s1. The maximum atomic E-state index is 12.4. The van der Waals surface area contributed by atoms with E-state index in [2.05, 4.69) is 0 Å². The number of hydrogen-bond acceptors (Lipinski definition) is 2. The lowest BCUT2D eigenvalue weighted by Crippen LogP contribution is -2.21. The van der Waals surface area contributed by atoms with Gasteiger partial charge in [0.25, 0.3) is 0 Å². The zero-order valence-corrected chi connectivity index (χ0v) is 8.44. The Balaban J connectivity index is 3.17. The van der Waals surface area contributed by atoms with E-state index in [1.165, 1.54) is 6.07 Å². The van der Waals surface area contributed by atoms with Gasteiger partial charge in [-0.1, -0.05) is 11.6 Å². The lowest BCUT2D eigenvalue weighted by atomic mass is 10.0. The van der Waals surface area contributed by atoms with Crippen LogP contribution in [0.25, 0.3) is 0 Å². The summed E-state index contributed by atoms with van der Waals surface area (Å²) in [6.07, 6.45) is -4.40. The zero-order valence-electron chi connectivity index (χ0n) is 7.68. The van der Waals surface area contributed by atoms with Gasteiger partial charge < -0.3 is 11.5 Å². The summed E-state index contributed by atoms with van der Waals surface area (Å²) >= 11 is 5.72. The van der Waals surface area contributed by atoms with Crippen molar-refractivity contribution in [2.24, 2.45) is 11.5 Å². The molecule has 0 saturated heterocycles. The molecule has 4 N–H and O–H groups in total. The summed E-state index contributed by atoms with van der Waals surface area (Å²) < 4.78 is 37.1. The van der Waals surface area contributed by atoms with E-state index >= 15 is 0 Å². The van der Waals surface area contributed by atoms with Crippen LogP contribution in [0.4, 0.5) is 13.2 Å². The minimum absolute atomic E-state index is 0.0427. The van der Waals surface area contributed by atoms with Crippen molar-refractivity contribution in [3.63, 3.8) is 0 Å². The molecular weight excluding hydrogens is 229 g/mol. The van der Waals surface area contributed by atoms with Gasteiger partial charge in [-0.15, -0.1) is 0 Å². The van der Waals surface area contributed by atoms with E-state index in [4.69, 9.17) is 23.1 Å². The van der Waals surface area contributed by atoms with Crippen molar-refractivity contribution in [2.75, 3.05) is 6.54 Å². The highest BCUT2D eigenvalue weighted by Gasteiger charge is 2.31. The van der Waals surface area contributed by atoms with E-state index in [1.54, 1.807) is 0 Å². The Morgan fingerprint density at radius 3 is 2.40 bits per heavy atom. The molecule has 0 heterocycles. The number of rotatable bonds is 2. The van der Waals surface area contributed by atoms with Gasteiger partial charge in [-0.3, -0.25) is 0 Å². The normalized spacial score (nSPS) is 14.0. The van der Waals surface area contributed by atoms with Crippen LogP contribution in [0.5, 0.6) is 0 Å². The fraction of sp³-hybridized carbons (Fsp3) is 0.333. The average molecular weight is 239 g/mol. The van der Waals surface area contributed by atoms with E-state index in [-0.39, 0.29) is 17.1 Å². The number of alkyl halides is 3. The third-order valence-corrected chi connectivity index (χ3v) is 2.32. The summed E-state index contributed by atoms with van der Waals surface area (Å²) in [4.78, 5) is 0. The lowest BCUT2D eigenvalue weighted by Gasteiger charge is -2.14. The highest BCUT2D eigenvalue weighted by atomic mass is 35.5. The SMILES string of the molecule is NC[C@@H](N)c1cc(C(F)(F)F)ccc1Cl. The van der Waals surface area contributed by atoms with E-state index in [0.29, 0.717) is 0 Å². The van der Waals surface area contributed by atoms with Gasteiger partial charge in [0.2, 0.25) is 0 Å². The van der Waals surface area contributed by atoms with Gasteiger partial charge in [-0.25, -0.2) is 0 Å². The fourth-order valence-electron chi connectivity index (χ4n) is 1.13. The molecule has 1 rings (SSSR count). The molecule has 0 aliphatic rings. The maximum absolute atomic E-state index is 12.4. The Kier molecular flexibility index (Phi) is 3.59. The van der Waals surface area contributed by atoms with E-state index in [1.807, 2.05) is 0 Å². The molecule has 0 aromatic heterocycles. The maximum Gasteiger partial charge on any atom is 0.416 e. The van der Waals surface area contributed by atoms with Crippen molar-refractivity contribution in [3.05, 3.63) is 34.3 Å². The van der Waals surface area contributed by atoms with Crippen LogP contribution in [-0.4, -0.2) is 6.54 Å². The summed E-state index contributed by atoms with van der Waals surface area (Å²) in [6.45, 7) is 0.0427. The molecule has 6 heteroatoms. The quantitative estimate of drug-likeness (QED) is 0.831. The summed E-state index contributed by atoms with van der Waals surface area (Å²) in [5.41, 5.74) is 10.2. The topological polar surface area (TPSA) is 52.0 Å². The van der Waals surface area contributed by atoms with Crippen LogP contribution in [-0.2, 0) is 6.18 Å². The predicted molar refractivity (Wildman–Crippen MR) is 52.4 cm³/mol. The van der Waals surface area contributed by atoms with Gasteiger partial charge in [-0.2, -0.15) is 13.2 Å². The Bertz CT molecular complexity index is 352. The van der Waals surface area contributed by atoms with Crippen LogP contribution in [0, 0.1) is 0 Å². The minimum Gasteiger partial charge on any atom is -0.329 e. The fourth-order valence-corrected chi connectivity index (χ4v) is 1.39. The largest absolute Gasteiger partial charge is 0.416 e. The molecule has 0 aliphatic heterocycles. The molecule has 2 nitrogen and oxygen atoms in total. The van der Waals surface area contributed by atoms with Gasteiger partial charge in [0.15, 0.2) is 0 Å². The first-order chi connectivity index (χ1) is 6.86. The van der Waals surface area contributed by atoms with E-state index in [0.717, 1.165) is 12.1 Å². The summed E-state index contributed by atoms with van der Waals surface area (Å²) in [7, 11) is 0. The Labute approximate surface area is 90.0 Å². The number of hydrogen-bond donors (Lipinski definition) is 2. The molecular formula is C9H10ClF3N2. The molecule has 0 unspecified atom stereocenters. The summed E-state index contributed by atoms with van der Waals surface area (Å²) in [5, 5.41) is 0.195. The van der Waals surface area contributed by atoms with Crippen LogP contribution < -0.4 is 11.5 Å². The van der Waals surface area contributed by atoms with Crippen molar-refractivity contribution in [3.8, 4) is 0 Å². The molecule has 1 atom stereocenters. The molecule has 0 saturated carbocycles. The second-order valence-electron chi connectivity index (χ2n) is 3.08. The van der Waals surface area contributed by atoms with E-state index in [9.17, 15) is 13.2 Å². The second kappa shape index (κ2) is 4.38. The van der Waals surface area contributed by atoms with Gasteiger partial charge in [0.1, 0.15) is 0 Å². The van der Waals surface area contributed by atoms with Crippen LogP contribution in [0.15, 0.2) is 18.2 Å². The first-order valence-electron chi connectivity index (χ1n) is 4.18. The van der Waals surface area contributed by atoms with Gasteiger partial charge in [0.05, 0.1) is 5.56 Å². The third kappa shape index (κ3) is 2.84. The second-order valence-corrected chi connectivity index (χ2v) is 3.48. The van der Waals surface area contributed by atoms with Crippen molar-refractivity contribution in [1.82, 2.24) is 0 Å². The van der Waals surface area contributed by atoms with Crippen molar-refractivity contribution >= 4 is 11.6 Å². The Hall–Kier alpha value is -0.780. The number of nitrogens with two attached hydrogens (primary N) is 2. The van der Waals surface area contributed by atoms with Crippen molar-refractivity contribution < 1.29 is 13.2 Å². The molecule has 0 bridgehead atoms. The summed E-state index contributed by atoms with van der Waals surface area (Å²) in [6, 6.07) is 2.34. The lowest BCUT2D eigenvalue weighted by molar-refractivity contribution is -0.137. The van der Waals surface area contributed by atoms with E-state index < -0.39 is 17.8 Å². The summed E-state index contributed by atoms with van der Waals surface area (Å²) in [5.74, 6) is 0. The number of benzene rings is 1. The molecule has 0 aliphatic carbocycles. The van der Waals surface area contributed by atoms with Crippen molar-refractivity contribution in [1.29, 1.82) is 0 Å². The van der Waals surface area contributed by atoms with Crippen LogP contribution in [0.3, 0.4) is 0 Å². The average Bonchev–Trinajstić information content (AvgIpc) is 2.15. The molecule has 0 amide bonds.